The number of hydrogen-bond donors (Lipinski definition) is 1. The van der Waals surface area contributed by atoms with Crippen LogP contribution in [0.1, 0.15) is 31.8 Å². The summed E-state index contributed by atoms with van der Waals surface area (Å²) in [6.07, 6.45) is 0. The lowest BCUT2D eigenvalue weighted by atomic mass is 10.1. The number of rotatable bonds is 3. The highest BCUT2D eigenvalue weighted by molar-refractivity contribution is 6.05. The molecule has 1 fully saturated rings. The van der Waals surface area contributed by atoms with Gasteiger partial charge in [0, 0.05) is 29.9 Å². The van der Waals surface area contributed by atoms with Crippen LogP contribution in [0.2, 0.25) is 0 Å². The average Bonchev–Trinajstić information content (AvgIpc) is 2.65. The molecular formula is C20H22N2O3. The second-order valence-electron chi connectivity index (χ2n) is 6.25. The monoisotopic (exact) mass is 338 g/mol. The van der Waals surface area contributed by atoms with E-state index < -0.39 is 0 Å². The second-order valence-corrected chi connectivity index (χ2v) is 6.25. The number of amides is 2. The van der Waals surface area contributed by atoms with E-state index in [1.165, 1.54) is 0 Å². The molecule has 1 heterocycles. The number of nitrogens with zero attached hydrogens (tertiary/aromatic N) is 1. The molecule has 0 aliphatic carbocycles. The molecule has 130 valence electrons. The Morgan fingerprint density at radius 2 is 1.60 bits per heavy atom. The van der Waals surface area contributed by atoms with Gasteiger partial charge < -0.3 is 15.0 Å². The van der Waals surface area contributed by atoms with Gasteiger partial charge in [-0.3, -0.25) is 9.59 Å². The maximum Gasteiger partial charge on any atom is 0.255 e. The molecule has 0 spiro atoms. The van der Waals surface area contributed by atoms with Crippen molar-refractivity contribution >= 4 is 17.5 Å². The molecule has 1 N–H and O–H groups in total. The van der Waals surface area contributed by atoms with E-state index in [-0.39, 0.29) is 11.8 Å². The fourth-order valence-corrected chi connectivity index (χ4v) is 2.78. The lowest BCUT2D eigenvalue weighted by molar-refractivity contribution is 0.0303. The topological polar surface area (TPSA) is 58.6 Å². The van der Waals surface area contributed by atoms with Crippen LogP contribution in [0.4, 0.5) is 5.69 Å². The van der Waals surface area contributed by atoms with Crippen molar-refractivity contribution < 1.29 is 14.3 Å². The molecule has 0 aromatic heterocycles. The number of aryl methyl sites for hydroxylation is 2. The minimum atomic E-state index is -0.181. The lowest BCUT2D eigenvalue weighted by Crippen LogP contribution is -2.40. The summed E-state index contributed by atoms with van der Waals surface area (Å²) in [4.78, 5) is 26.6. The maximum atomic E-state index is 12.4. The fourth-order valence-electron chi connectivity index (χ4n) is 2.78. The van der Waals surface area contributed by atoms with Gasteiger partial charge in [0.15, 0.2) is 0 Å². The van der Waals surface area contributed by atoms with Gasteiger partial charge in [0.25, 0.3) is 11.8 Å². The molecule has 1 aliphatic rings. The molecule has 0 radical (unpaired) electrons. The van der Waals surface area contributed by atoms with Crippen molar-refractivity contribution in [1.82, 2.24) is 4.90 Å². The van der Waals surface area contributed by atoms with E-state index in [1.807, 2.05) is 32.0 Å². The first-order chi connectivity index (χ1) is 12.0. The van der Waals surface area contributed by atoms with E-state index in [1.54, 1.807) is 29.2 Å². The van der Waals surface area contributed by atoms with Gasteiger partial charge >= 0.3 is 0 Å². The first-order valence-electron chi connectivity index (χ1n) is 8.40. The van der Waals surface area contributed by atoms with Crippen LogP contribution in [0.5, 0.6) is 0 Å². The van der Waals surface area contributed by atoms with Crippen LogP contribution in [0, 0.1) is 13.8 Å². The van der Waals surface area contributed by atoms with E-state index in [9.17, 15) is 9.59 Å². The number of anilines is 1. The molecular weight excluding hydrogens is 316 g/mol. The quantitative estimate of drug-likeness (QED) is 0.936. The summed E-state index contributed by atoms with van der Waals surface area (Å²) in [5, 5.41) is 2.93. The highest BCUT2D eigenvalue weighted by Crippen LogP contribution is 2.18. The van der Waals surface area contributed by atoms with E-state index in [2.05, 4.69) is 5.32 Å². The van der Waals surface area contributed by atoms with Gasteiger partial charge in [-0.15, -0.1) is 0 Å². The summed E-state index contributed by atoms with van der Waals surface area (Å²) in [7, 11) is 0. The van der Waals surface area contributed by atoms with Gasteiger partial charge in [0.1, 0.15) is 0 Å². The van der Waals surface area contributed by atoms with E-state index in [0.717, 1.165) is 16.8 Å². The van der Waals surface area contributed by atoms with Crippen molar-refractivity contribution in [3.8, 4) is 0 Å². The Hall–Kier alpha value is -2.66. The Morgan fingerprint density at radius 1 is 0.960 bits per heavy atom. The lowest BCUT2D eigenvalue weighted by Gasteiger charge is -2.26. The van der Waals surface area contributed by atoms with Crippen LogP contribution in [0.25, 0.3) is 0 Å². The van der Waals surface area contributed by atoms with E-state index in [0.29, 0.717) is 37.4 Å². The molecule has 2 amide bonds. The highest BCUT2D eigenvalue weighted by Gasteiger charge is 2.18. The molecule has 1 aliphatic heterocycles. The molecule has 0 bridgehead atoms. The summed E-state index contributed by atoms with van der Waals surface area (Å²) in [6.45, 7) is 6.30. The molecule has 25 heavy (non-hydrogen) atoms. The van der Waals surface area contributed by atoms with Crippen molar-refractivity contribution in [2.45, 2.75) is 13.8 Å². The zero-order chi connectivity index (χ0) is 17.8. The molecule has 5 nitrogen and oxygen atoms in total. The molecule has 2 aromatic rings. The Labute approximate surface area is 147 Å². The standard InChI is InChI=1S/C20H22N2O3/c1-14-3-4-15(2)18(13-14)21-19(23)16-5-7-17(8-6-16)20(24)22-9-11-25-12-10-22/h3-8,13H,9-12H2,1-2H3,(H,21,23). The van der Waals surface area contributed by atoms with Gasteiger partial charge in [0.2, 0.25) is 0 Å². The summed E-state index contributed by atoms with van der Waals surface area (Å²) >= 11 is 0. The van der Waals surface area contributed by atoms with E-state index in [4.69, 9.17) is 4.74 Å². The molecule has 1 saturated heterocycles. The number of nitrogens with one attached hydrogen (secondary N) is 1. The van der Waals surface area contributed by atoms with Crippen molar-refractivity contribution in [2.24, 2.45) is 0 Å². The van der Waals surface area contributed by atoms with Gasteiger partial charge in [0.05, 0.1) is 13.2 Å². The Kier molecular flexibility index (Phi) is 5.14. The Balaban J connectivity index is 1.70. The molecule has 2 aromatic carbocycles. The van der Waals surface area contributed by atoms with Crippen LogP contribution in [-0.2, 0) is 4.74 Å². The summed E-state index contributed by atoms with van der Waals surface area (Å²) in [6, 6.07) is 12.7. The first kappa shape index (κ1) is 17.2. The van der Waals surface area contributed by atoms with Crippen molar-refractivity contribution in [2.75, 3.05) is 31.6 Å². The number of hydrogen-bond acceptors (Lipinski definition) is 3. The third kappa shape index (κ3) is 4.06. The van der Waals surface area contributed by atoms with Crippen LogP contribution in [0.15, 0.2) is 42.5 Å². The number of carbonyl (C=O) groups is 2. The molecule has 0 saturated carbocycles. The van der Waals surface area contributed by atoms with E-state index >= 15 is 0 Å². The van der Waals surface area contributed by atoms with Crippen molar-refractivity contribution in [3.05, 3.63) is 64.7 Å². The fraction of sp³-hybridized carbons (Fsp3) is 0.300. The molecule has 0 unspecified atom stereocenters. The zero-order valence-electron chi connectivity index (χ0n) is 14.5. The minimum absolute atomic E-state index is 0.0233. The van der Waals surface area contributed by atoms with Crippen LogP contribution in [-0.4, -0.2) is 43.0 Å². The van der Waals surface area contributed by atoms with Crippen molar-refractivity contribution in [3.63, 3.8) is 0 Å². The summed E-state index contributed by atoms with van der Waals surface area (Å²) in [5.74, 6) is -0.205. The van der Waals surface area contributed by atoms with Crippen molar-refractivity contribution in [1.29, 1.82) is 0 Å². The summed E-state index contributed by atoms with van der Waals surface area (Å²) < 4.78 is 5.26. The molecule has 5 heteroatoms. The minimum Gasteiger partial charge on any atom is -0.378 e. The number of benzene rings is 2. The third-order valence-electron chi connectivity index (χ3n) is 4.33. The largest absolute Gasteiger partial charge is 0.378 e. The van der Waals surface area contributed by atoms with Gasteiger partial charge in [-0.05, 0) is 55.3 Å². The SMILES string of the molecule is Cc1ccc(C)c(NC(=O)c2ccc(C(=O)N3CCOCC3)cc2)c1. The maximum absolute atomic E-state index is 12.4. The average molecular weight is 338 g/mol. The smallest absolute Gasteiger partial charge is 0.255 e. The normalized spacial score (nSPS) is 14.2. The first-order valence-corrected chi connectivity index (χ1v) is 8.40. The number of morpholine rings is 1. The van der Waals surface area contributed by atoms with Crippen LogP contribution < -0.4 is 5.32 Å². The highest BCUT2D eigenvalue weighted by atomic mass is 16.5. The predicted octanol–water partition coefficient (Wildman–Crippen LogP) is 3.03. The van der Waals surface area contributed by atoms with Gasteiger partial charge in [-0.1, -0.05) is 12.1 Å². The molecule has 3 rings (SSSR count). The van der Waals surface area contributed by atoms with Crippen LogP contribution >= 0.6 is 0 Å². The summed E-state index contributed by atoms with van der Waals surface area (Å²) in [5.41, 5.74) is 4.02. The zero-order valence-corrected chi connectivity index (χ0v) is 14.5. The number of carbonyl (C=O) groups excluding carboxylic acids is 2. The van der Waals surface area contributed by atoms with Gasteiger partial charge in [-0.25, -0.2) is 0 Å². The number of ether oxygens (including phenoxy) is 1. The Bertz CT molecular complexity index is 778. The van der Waals surface area contributed by atoms with Crippen LogP contribution in [0.3, 0.4) is 0 Å². The second kappa shape index (κ2) is 7.49. The predicted molar refractivity (Wildman–Crippen MR) is 97.0 cm³/mol. The third-order valence-corrected chi connectivity index (χ3v) is 4.33. The Morgan fingerprint density at radius 3 is 2.28 bits per heavy atom. The molecule has 0 atom stereocenters. The van der Waals surface area contributed by atoms with Gasteiger partial charge in [-0.2, -0.15) is 0 Å².